The maximum atomic E-state index is 10.3. The summed E-state index contributed by atoms with van der Waals surface area (Å²) in [6, 6.07) is 0. The second kappa shape index (κ2) is 2.89. The van der Waals surface area contributed by atoms with Gasteiger partial charge in [-0.25, -0.2) is 4.79 Å². The summed E-state index contributed by atoms with van der Waals surface area (Å²) >= 11 is 0. The number of hydrogen-bond donors (Lipinski definition) is 0. The van der Waals surface area contributed by atoms with Crippen LogP contribution in [0.15, 0.2) is 5.70 Å². The van der Waals surface area contributed by atoms with E-state index in [9.17, 15) is 4.79 Å². The summed E-state index contributed by atoms with van der Waals surface area (Å²) < 4.78 is 0. The monoisotopic (exact) mass is 139 g/mol. The van der Waals surface area contributed by atoms with Crippen molar-refractivity contribution in [1.29, 1.82) is 0 Å². The number of likely N-dealkylation sites (tertiary alicyclic amines) is 1. The SMILES string of the molecule is CCN1CC(C)CC1=C=O. The molecule has 0 amide bonds. The Balaban J connectivity index is 2.67. The summed E-state index contributed by atoms with van der Waals surface area (Å²) in [6.07, 6.45) is 0.914. The van der Waals surface area contributed by atoms with Gasteiger partial charge < -0.3 is 4.90 Å². The summed E-state index contributed by atoms with van der Waals surface area (Å²) in [5, 5.41) is 0. The molecule has 1 heterocycles. The molecule has 0 spiro atoms. The van der Waals surface area contributed by atoms with Crippen LogP contribution in [0.2, 0.25) is 0 Å². The Labute approximate surface area is 61.5 Å². The van der Waals surface area contributed by atoms with Gasteiger partial charge in [0.15, 0.2) is 0 Å². The Morgan fingerprint density at radius 1 is 1.80 bits per heavy atom. The van der Waals surface area contributed by atoms with Crippen LogP contribution in [0.1, 0.15) is 20.3 Å². The predicted molar refractivity (Wildman–Crippen MR) is 40.2 cm³/mol. The topological polar surface area (TPSA) is 20.3 Å². The molecule has 0 saturated carbocycles. The van der Waals surface area contributed by atoms with Crippen molar-refractivity contribution in [3.63, 3.8) is 0 Å². The standard InChI is InChI=1S/C8H13NO/c1-3-9-5-7(2)4-8(9)6-10/h7H,3-5H2,1-2H3. The summed E-state index contributed by atoms with van der Waals surface area (Å²) in [7, 11) is 0. The van der Waals surface area contributed by atoms with Gasteiger partial charge in [0.25, 0.3) is 0 Å². The van der Waals surface area contributed by atoms with Crippen LogP contribution in [-0.4, -0.2) is 23.9 Å². The molecule has 0 N–H and O–H groups in total. The highest BCUT2D eigenvalue weighted by molar-refractivity contribution is 5.52. The molecule has 1 rings (SSSR count). The van der Waals surface area contributed by atoms with Crippen LogP contribution >= 0.6 is 0 Å². The van der Waals surface area contributed by atoms with E-state index in [-0.39, 0.29) is 0 Å². The normalized spacial score (nSPS) is 25.2. The second-order valence-corrected chi connectivity index (χ2v) is 2.90. The zero-order valence-corrected chi connectivity index (χ0v) is 6.55. The smallest absolute Gasteiger partial charge is 0.145 e. The van der Waals surface area contributed by atoms with Gasteiger partial charge in [-0.3, -0.25) is 0 Å². The number of allylic oxidation sites excluding steroid dienone is 1. The van der Waals surface area contributed by atoms with Gasteiger partial charge in [0, 0.05) is 19.5 Å². The first kappa shape index (κ1) is 7.36. The van der Waals surface area contributed by atoms with Crippen LogP contribution in [0.3, 0.4) is 0 Å². The Kier molecular flexibility index (Phi) is 2.13. The lowest BCUT2D eigenvalue weighted by molar-refractivity contribution is 0.391. The van der Waals surface area contributed by atoms with Gasteiger partial charge in [-0.05, 0) is 12.8 Å². The van der Waals surface area contributed by atoms with Gasteiger partial charge in [0.05, 0.1) is 5.70 Å². The Morgan fingerprint density at radius 3 is 2.90 bits per heavy atom. The molecule has 2 heteroatoms. The van der Waals surface area contributed by atoms with Crippen molar-refractivity contribution in [1.82, 2.24) is 4.90 Å². The van der Waals surface area contributed by atoms with Crippen LogP contribution in [0.25, 0.3) is 0 Å². The van der Waals surface area contributed by atoms with Gasteiger partial charge in [0.1, 0.15) is 5.94 Å². The molecule has 1 fully saturated rings. The van der Waals surface area contributed by atoms with E-state index >= 15 is 0 Å². The summed E-state index contributed by atoms with van der Waals surface area (Å²) in [6.45, 7) is 6.19. The molecule has 10 heavy (non-hydrogen) atoms. The minimum Gasteiger partial charge on any atom is -0.366 e. The summed E-state index contributed by atoms with van der Waals surface area (Å²) in [4.78, 5) is 12.4. The minimum atomic E-state index is 0.636. The Bertz CT molecular complexity index is 170. The Hall–Kier alpha value is -0.750. The predicted octanol–water partition coefficient (Wildman–Crippen LogP) is 1.06. The van der Waals surface area contributed by atoms with E-state index in [0.717, 1.165) is 25.2 Å². The minimum absolute atomic E-state index is 0.636. The molecule has 56 valence electrons. The molecule has 1 unspecified atom stereocenters. The van der Waals surface area contributed by atoms with E-state index in [0.29, 0.717) is 5.92 Å². The average Bonchev–Trinajstić information content (AvgIpc) is 2.30. The fourth-order valence-electron chi connectivity index (χ4n) is 1.44. The van der Waals surface area contributed by atoms with E-state index < -0.39 is 0 Å². The quantitative estimate of drug-likeness (QED) is 0.506. The molecule has 0 aliphatic carbocycles. The first-order chi connectivity index (χ1) is 4.77. The van der Waals surface area contributed by atoms with Crippen molar-refractivity contribution in [2.75, 3.05) is 13.1 Å². The molecule has 2 nitrogen and oxygen atoms in total. The lowest BCUT2D eigenvalue weighted by Gasteiger charge is -2.13. The Morgan fingerprint density at radius 2 is 2.50 bits per heavy atom. The van der Waals surface area contributed by atoms with Gasteiger partial charge in [-0.15, -0.1) is 0 Å². The number of rotatable bonds is 1. The molecule has 1 aliphatic heterocycles. The van der Waals surface area contributed by atoms with Crippen LogP contribution in [-0.2, 0) is 4.79 Å². The molecule has 0 bridgehead atoms. The zero-order valence-electron chi connectivity index (χ0n) is 6.55. The second-order valence-electron chi connectivity index (χ2n) is 2.90. The highest BCUT2D eigenvalue weighted by Gasteiger charge is 2.22. The third-order valence-electron chi connectivity index (χ3n) is 1.96. The molecular weight excluding hydrogens is 126 g/mol. The lowest BCUT2D eigenvalue weighted by atomic mass is 10.1. The third kappa shape index (κ3) is 1.22. The van der Waals surface area contributed by atoms with Crippen LogP contribution in [0, 0.1) is 5.92 Å². The van der Waals surface area contributed by atoms with E-state index in [1.165, 1.54) is 0 Å². The zero-order chi connectivity index (χ0) is 7.56. The third-order valence-corrected chi connectivity index (χ3v) is 1.96. The van der Waals surface area contributed by atoms with Crippen LogP contribution < -0.4 is 0 Å². The summed E-state index contributed by atoms with van der Waals surface area (Å²) in [5.74, 6) is 2.62. The molecule has 0 aromatic carbocycles. The van der Waals surface area contributed by atoms with Crippen molar-refractivity contribution < 1.29 is 4.79 Å². The van der Waals surface area contributed by atoms with E-state index in [1.54, 1.807) is 0 Å². The van der Waals surface area contributed by atoms with Crippen molar-refractivity contribution in [2.24, 2.45) is 5.92 Å². The van der Waals surface area contributed by atoms with E-state index in [1.807, 2.05) is 5.94 Å². The maximum absolute atomic E-state index is 10.3. The number of carbonyl (C=O) groups excluding carboxylic acids is 1. The van der Waals surface area contributed by atoms with Crippen LogP contribution in [0.4, 0.5) is 0 Å². The fourth-order valence-corrected chi connectivity index (χ4v) is 1.44. The average molecular weight is 139 g/mol. The van der Waals surface area contributed by atoms with E-state index in [2.05, 4.69) is 18.7 Å². The molecule has 0 aromatic heterocycles. The highest BCUT2D eigenvalue weighted by Crippen LogP contribution is 2.22. The molecule has 1 saturated heterocycles. The van der Waals surface area contributed by atoms with Gasteiger partial charge >= 0.3 is 0 Å². The fraction of sp³-hybridized carbons (Fsp3) is 0.750. The first-order valence-corrected chi connectivity index (χ1v) is 3.76. The number of nitrogens with zero attached hydrogens (tertiary/aromatic N) is 1. The highest BCUT2D eigenvalue weighted by atomic mass is 16.1. The molecule has 1 aliphatic rings. The molecule has 1 atom stereocenters. The van der Waals surface area contributed by atoms with Gasteiger partial charge in [-0.2, -0.15) is 0 Å². The maximum Gasteiger partial charge on any atom is 0.145 e. The first-order valence-electron chi connectivity index (χ1n) is 3.76. The van der Waals surface area contributed by atoms with Crippen molar-refractivity contribution in [3.05, 3.63) is 5.70 Å². The molecule has 0 radical (unpaired) electrons. The van der Waals surface area contributed by atoms with Crippen molar-refractivity contribution >= 4 is 5.94 Å². The number of hydrogen-bond acceptors (Lipinski definition) is 2. The van der Waals surface area contributed by atoms with Crippen molar-refractivity contribution in [3.8, 4) is 0 Å². The van der Waals surface area contributed by atoms with Gasteiger partial charge in [-0.1, -0.05) is 6.92 Å². The molecule has 0 aromatic rings. The van der Waals surface area contributed by atoms with Crippen molar-refractivity contribution in [2.45, 2.75) is 20.3 Å². The largest absolute Gasteiger partial charge is 0.366 e. The lowest BCUT2D eigenvalue weighted by Crippen LogP contribution is -2.18. The van der Waals surface area contributed by atoms with E-state index in [4.69, 9.17) is 0 Å². The summed E-state index contributed by atoms with van der Waals surface area (Å²) in [5.41, 5.74) is 0.856. The van der Waals surface area contributed by atoms with Gasteiger partial charge in [0.2, 0.25) is 0 Å². The molecular formula is C8H13NO. The van der Waals surface area contributed by atoms with Crippen LogP contribution in [0.5, 0.6) is 0 Å².